The Hall–Kier alpha value is -2.72. The molecule has 3 aromatic rings. The first-order valence-electron chi connectivity index (χ1n) is 9.85. The van der Waals surface area contributed by atoms with Crippen molar-refractivity contribution in [2.75, 3.05) is 17.6 Å². The van der Waals surface area contributed by atoms with Crippen molar-refractivity contribution in [1.82, 2.24) is 9.88 Å². The van der Waals surface area contributed by atoms with Gasteiger partial charge in [-0.1, -0.05) is 6.07 Å². The molecule has 0 bridgehead atoms. The second-order valence-electron chi connectivity index (χ2n) is 7.36. The summed E-state index contributed by atoms with van der Waals surface area (Å²) in [5.41, 5.74) is 2.77. The average Bonchev–Trinajstić information content (AvgIpc) is 3.40. The highest BCUT2D eigenvalue weighted by Gasteiger charge is 2.29. The van der Waals surface area contributed by atoms with Crippen molar-refractivity contribution in [2.45, 2.75) is 25.3 Å². The Kier molecular flexibility index (Phi) is 6.34. The Balaban J connectivity index is 1.62. The van der Waals surface area contributed by atoms with E-state index < -0.39 is 18.6 Å². The maximum atomic E-state index is 13.4. The normalized spacial score (nSPS) is 13.5. The van der Waals surface area contributed by atoms with Gasteiger partial charge in [-0.3, -0.25) is 9.59 Å². The zero-order valence-corrected chi connectivity index (χ0v) is 18.7. The van der Waals surface area contributed by atoms with Crippen LogP contribution < -0.4 is 10.6 Å². The SMILES string of the molecule is Cc1ccc(C(=O)NCC(F)(F)F)cc1NC(=O)c1c(-n2cccc2)sc2c1CCSC2. The molecule has 2 aromatic heterocycles. The summed E-state index contributed by atoms with van der Waals surface area (Å²) in [4.78, 5) is 26.7. The van der Waals surface area contributed by atoms with E-state index in [1.165, 1.54) is 17.0 Å². The van der Waals surface area contributed by atoms with Gasteiger partial charge in [-0.05, 0) is 54.5 Å². The molecule has 0 aliphatic carbocycles. The van der Waals surface area contributed by atoms with E-state index in [9.17, 15) is 22.8 Å². The van der Waals surface area contributed by atoms with Crippen molar-refractivity contribution in [2.24, 2.45) is 0 Å². The number of halogens is 3. The highest BCUT2D eigenvalue weighted by molar-refractivity contribution is 7.98. The molecule has 0 fully saturated rings. The Morgan fingerprint density at radius 2 is 1.91 bits per heavy atom. The number of hydrogen-bond acceptors (Lipinski definition) is 4. The molecule has 4 rings (SSSR count). The Morgan fingerprint density at radius 3 is 2.62 bits per heavy atom. The lowest BCUT2D eigenvalue weighted by atomic mass is 10.1. The van der Waals surface area contributed by atoms with Crippen LogP contribution in [0.1, 0.15) is 36.7 Å². The molecule has 3 heterocycles. The third-order valence-corrected chi connectivity index (χ3v) is 7.48. The van der Waals surface area contributed by atoms with Crippen LogP contribution in [0.3, 0.4) is 0 Å². The molecular formula is C22H20F3N3O2S2. The van der Waals surface area contributed by atoms with E-state index in [0.717, 1.165) is 28.5 Å². The third-order valence-electron chi connectivity index (χ3n) is 5.07. The lowest BCUT2D eigenvalue weighted by Gasteiger charge is -2.15. The number of thiophene rings is 1. The van der Waals surface area contributed by atoms with E-state index >= 15 is 0 Å². The Morgan fingerprint density at radius 1 is 1.16 bits per heavy atom. The first-order valence-corrected chi connectivity index (χ1v) is 11.8. The molecule has 0 radical (unpaired) electrons. The van der Waals surface area contributed by atoms with Crippen molar-refractivity contribution in [3.8, 4) is 5.00 Å². The van der Waals surface area contributed by atoms with E-state index in [1.54, 1.807) is 24.3 Å². The maximum absolute atomic E-state index is 13.4. The number of anilines is 1. The van der Waals surface area contributed by atoms with Gasteiger partial charge in [0.2, 0.25) is 0 Å². The zero-order valence-electron chi connectivity index (χ0n) is 17.1. The fourth-order valence-electron chi connectivity index (χ4n) is 3.47. The monoisotopic (exact) mass is 479 g/mol. The number of rotatable bonds is 5. The van der Waals surface area contributed by atoms with Gasteiger partial charge < -0.3 is 15.2 Å². The number of carbonyl (C=O) groups excluding carboxylic acids is 2. The van der Waals surface area contributed by atoms with Crippen LogP contribution in [0.5, 0.6) is 0 Å². The lowest BCUT2D eigenvalue weighted by Crippen LogP contribution is -2.33. The van der Waals surface area contributed by atoms with Gasteiger partial charge in [0.15, 0.2) is 0 Å². The summed E-state index contributed by atoms with van der Waals surface area (Å²) in [5.74, 6) is 0.642. The van der Waals surface area contributed by atoms with Crippen LogP contribution in [0.25, 0.3) is 5.00 Å². The summed E-state index contributed by atoms with van der Waals surface area (Å²) in [6.45, 7) is 0.347. The number of nitrogens with one attached hydrogen (secondary N) is 2. The topological polar surface area (TPSA) is 63.1 Å². The molecule has 1 aliphatic heterocycles. The molecule has 5 nitrogen and oxygen atoms in total. The number of aryl methyl sites for hydroxylation is 1. The van der Waals surface area contributed by atoms with Crippen LogP contribution in [-0.2, 0) is 12.2 Å². The van der Waals surface area contributed by atoms with Crippen molar-refractivity contribution in [3.63, 3.8) is 0 Å². The summed E-state index contributed by atoms with van der Waals surface area (Å²) in [6, 6.07) is 8.23. The Bertz CT molecular complexity index is 1150. The molecule has 2 N–H and O–H groups in total. The van der Waals surface area contributed by atoms with Gasteiger partial charge in [-0.2, -0.15) is 24.9 Å². The molecule has 0 spiro atoms. The summed E-state index contributed by atoms with van der Waals surface area (Å²) < 4.78 is 39.2. The Labute approximate surface area is 191 Å². The molecule has 0 saturated heterocycles. The van der Waals surface area contributed by atoms with E-state index in [0.29, 0.717) is 16.8 Å². The number of nitrogens with zero attached hydrogens (tertiary/aromatic N) is 1. The molecule has 1 aliphatic rings. The highest BCUT2D eigenvalue weighted by atomic mass is 32.2. The summed E-state index contributed by atoms with van der Waals surface area (Å²) >= 11 is 3.42. The highest BCUT2D eigenvalue weighted by Crippen LogP contribution is 2.38. The second-order valence-corrected chi connectivity index (χ2v) is 9.55. The largest absolute Gasteiger partial charge is 0.405 e. The van der Waals surface area contributed by atoms with Gasteiger partial charge >= 0.3 is 6.18 Å². The summed E-state index contributed by atoms with van der Waals surface area (Å²) in [7, 11) is 0. The lowest BCUT2D eigenvalue weighted by molar-refractivity contribution is -0.123. The van der Waals surface area contributed by atoms with Crippen molar-refractivity contribution in [3.05, 3.63) is 69.9 Å². The third kappa shape index (κ3) is 4.86. The summed E-state index contributed by atoms with van der Waals surface area (Å²) in [5, 5.41) is 5.56. The smallest absolute Gasteiger partial charge is 0.343 e. The van der Waals surface area contributed by atoms with Gasteiger partial charge in [-0.25, -0.2) is 0 Å². The predicted octanol–water partition coefficient (Wildman–Crippen LogP) is 5.18. The zero-order chi connectivity index (χ0) is 22.9. The average molecular weight is 480 g/mol. The molecule has 0 atom stereocenters. The number of aromatic nitrogens is 1. The molecule has 1 aromatic carbocycles. The van der Waals surface area contributed by atoms with Crippen LogP contribution in [0.2, 0.25) is 0 Å². The van der Waals surface area contributed by atoms with Gasteiger partial charge in [0.25, 0.3) is 11.8 Å². The minimum absolute atomic E-state index is 0.0459. The van der Waals surface area contributed by atoms with Gasteiger partial charge in [0.1, 0.15) is 11.5 Å². The van der Waals surface area contributed by atoms with Crippen LogP contribution in [0.15, 0.2) is 42.7 Å². The number of amides is 2. The number of benzene rings is 1. The fourth-order valence-corrected chi connectivity index (χ4v) is 5.91. The van der Waals surface area contributed by atoms with Gasteiger partial charge in [0.05, 0.1) is 5.56 Å². The second kappa shape index (κ2) is 9.03. The van der Waals surface area contributed by atoms with E-state index in [4.69, 9.17) is 0 Å². The number of alkyl halides is 3. The first-order chi connectivity index (χ1) is 15.2. The molecule has 32 heavy (non-hydrogen) atoms. The van der Waals surface area contributed by atoms with Crippen LogP contribution in [-0.4, -0.2) is 34.9 Å². The fraction of sp³-hybridized carbons (Fsp3) is 0.273. The molecule has 10 heteroatoms. The summed E-state index contributed by atoms with van der Waals surface area (Å²) in [6.07, 6.45) is 0.0676. The molecule has 168 valence electrons. The van der Waals surface area contributed by atoms with Crippen LogP contribution in [0, 0.1) is 6.92 Å². The molecule has 0 unspecified atom stereocenters. The molecule has 0 saturated carbocycles. The van der Waals surface area contributed by atoms with E-state index in [2.05, 4.69) is 5.32 Å². The minimum Gasteiger partial charge on any atom is -0.343 e. The number of thioether (sulfide) groups is 1. The standard InChI is InChI=1S/C22H20F3N3O2S2/c1-13-4-5-14(19(29)26-12-22(23,24)25)10-16(13)27-20(30)18-15-6-9-31-11-17(15)32-21(18)28-7-2-3-8-28/h2-5,7-8,10H,6,9,11-12H2,1H3,(H,26,29)(H,27,30). The molecular weight excluding hydrogens is 459 g/mol. The quantitative estimate of drug-likeness (QED) is 0.530. The van der Waals surface area contributed by atoms with Gasteiger partial charge in [0, 0.05) is 34.3 Å². The van der Waals surface area contributed by atoms with E-state index in [1.807, 2.05) is 46.2 Å². The van der Waals surface area contributed by atoms with E-state index in [-0.39, 0.29) is 11.5 Å². The number of hydrogen-bond donors (Lipinski definition) is 2. The van der Waals surface area contributed by atoms with Crippen molar-refractivity contribution < 1.29 is 22.8 Å². The number of fused-ring (bicyclic) bond motifs is 1. The predicted molar refractivity (Wildman–Crippen MR) is 121 cm³/mol. The maximum Gasteiger partial charge on any atom is 0.405 e. The number of carbonyl (C=O) groups is 2. The van der Waals surface area contributed by atoms with Crippen LogP contribution >= 0.6 is 23.1 Å². The van der Waals surface area contributed by atoms with Gasteiger partial charge in [-0.15, -0.1) is 11.3 Å². The van der Waals surface area contributed by atoms with Crippen LogP contribution in [0.4, 0.5) is 18.9 Å². The first kappa shape index (κ1) is 22.5. The minimum atomic E-state index is -4.50. The molecule has 2 amide bonds. The van der Waals surface area contributed by atoms with Crippen molar-refractivity contribution >= 4 is 40.6 Å². The van der Waals surface area contributed by atoms with Crippen molar-refractivity contribution in [1.29, 1.82) is 0 Å².